The first-order chi connectivity index (χ1) is 10.1. The molecule has 1 atom stereocenters. The largest absolute Gasteiger partial charge is 0.497 e. The summed E-state index contributed by atoms with van der Waals surface area (Å²) in [6.45, 7) is 5.51. The fourth-order valence-electron chi connectivity index (χ4n) is 3.20. The molecule has 4 nitrogen and oxygen atoms in total. The summed E-state index contributed by atoms with van der Waals surface area (Å²) in [7, 11) is 1.64. The molecule has 1 aromatic rings. The van der Waals surface area contributed by atoms with Gasteiger partial charge >= 0.3 is 0 Å². The Morgan fingerprint density at radius 3 is 2.52 bits per heavy atom. The van der Waals surface area contributed by atoms with Gasteiger partial charge in [-0.25, -0.2) is 0 Å². The van der Waals surface area contributed by atoms with Gasteiger partial charge in [0.25, 0.3) is 0 Å². The van der Waals surface area contributed by atoms with Crippen LogP contribution >= 0.6 is 0 Å². The van der Waals surface area contributed by atoms with E-state index in [4.69, 9.17) is 10.5 Å². The predicted octanol–water partition coefficient (Wildman–Crippen LogP) is 2.73. The van der Waals surface area contributed by atoms with Gasteiger partial charge in [-0.2, -0.15) is 0 Å². The zero-order chi connectivity index (χ0) is 15.5. The van der Waals surface area contributed by atoms with E-state index in [2.05, 4.69) is 0 Å². The van der Waals surface area contributed by atoms with Crippen molar-refractivity contribution in [1.29, 1.82) is 0 Å². The number of carbonyl (C=O) groups is 1. The molecule has 0 aromatic heterocycles. The van der Waals surface area contributed by atoms with Crippen LogP contribution in [-0.2, 0) is 4.79 Å². The minimum absolute atomic E-state index is 0.203. The molecule has 1 aliphatic carbocycles. The molecule has 21 heavy (non-hydrogen) atoms. The van der Waals surface area contributed by atoms with Crippen molar-refractivity contribution >= 4 is 5.91 Å². The summed E-state index contributed by atoms with van der Waals surface area (Å²) >= 11 is 0. The first kappa shape index (κ1) is 15.8. The second-order valence-corrected chi connectivity index (χ2v) is 5.74. The molecule has 2 N–H and O–H groups in total. The van der Waals surface area contributed by atoms with Crippen LogP contribution in [0.25, 0.3) is 0 Å². The zero-order valence-corrected chi connectivity index (χ0v) is 13.3. The molecule has 0 bridgehead atoms. The average Bonchev–Trinajstić information content (AvgIpc) is 2.47. The van der Waals surface area contributed by atoms with Crippen molar-refractivity contribution < 1.29 is 9.53 Å². The minimum atomic E-state index is -0.432. The van der Waals surface area contributed by atoms with Crippen molar-refractivity contribution in [1.82, 2.24) is 4.90 Å². The van der Waals surface area contributed by atoms with Gasteiger partial charge in [0.2, 0.25) is 5.91 Å². The molecule has 1 saturated carbocycles. The Morgan fingerprint density at radius 2 is 2.05 bits per heavy atom. The number of rotatable bonds is 6. The normalized spacial score (nSPS) is 17.7. The number of ether oxygens (including phenoxy) is 1. The minimum Gasteiger partial charge on any atom is -0.497 e. The van der Waals surface area contributed by atoms with E-state index in [-0.39, 0.29) is 11.9 Å². The summed E-state index contributed by atoms with van der Waals surface area (Å²) < 4.78 is 5.27. The van der Waals surface area contributed by atoms with E-state index in [9.17, 15) is 4.79 Å². The van der Waals surface area contributed by atoms with Gasteiger partial charge in [-0.05, 0) is 44.4 Å². The second-order valence-electron chi connectivity index (χ2n) is 5.74. The van der Waals surface area contributed by atoms with E-state index in [1.54, 1.807) is 7.11 Å². The maximum absolute atomic E-state index is 12.9. The van der Waals surface area contributed by atoms with Crippen LogP contribution in [0, 0.1) is 5.41 Å². The topological polar surface area (TPSA) is 55.6 Å². The number of amides is 1. The summed E-state index contributed by atoms with van der Waals surface area (Å²) in [5, 5.41) is 0. The van der Waals surface area contributed by atoms with E-state index in [0.717, 1.165) is 43.7 Å². The van der Waals surface area contributed by atoms with Crippen molar-refractivity contribution in [3.05, 3.63) is 29.8 Å². The number of nitrogens with zero attached hydrogens (tertiary/aromatic N) is 1. The lowest BCUT2D eigenvalue weighted by atomic mass is 9.61. The van der Waals surface area contributed by atoms with Crippen molar-refractivity contribution in [3.63, 3.8) is 0 Å². The summed E-state index contributed by atoms with van der Waals surface area (Å²) in [6.07, 6.45) is 2.83. The molecule has 0 heterocycles. The van der Waals surface area contributed by atoms with E-state index in [1.165, 1.54) is 0 Å². The lowest BCUT2D eigenvalue weighted by Crippen LogP contribution is -2.53. The number of nitrogens with two attached hydrogens (primary N) is 1. The third kappa shape index (κ3) is 2.77. The Hall–Kier alpha value is -1.55. The molecule has 0 saturated heterocycles. The molecule has 0 radical (unpaired) electrons. The van der Waals surface area contributed by atoms with Crippen molar-refractivity contribution in [2.24, 2.45) is 11.1 Å². The van der Waals surface area contributed by atoms with Crippen molar-refractivity contribution in [2.45, 2.75) is 39.2 Å². The molecule has 1 unspecified atom stereocenters. The SMILES string of the molecule is CCN(CC)C(=O)C1(C(N)c2cccc(OC)c2)CCC1. The van der Waals surface area contributed by atoms with Gasteiger partial charge in [0.05, 0.1) is 12.5 Å². The molecular formula is C17H26N2O2. The van der Waals surface area contributed by atoms with Gasteiger partial charge in [-0.1, -0.05) is 18.6 Å². The van der Waals surface area contributed by atoms with Crippen LogP contribution < -0.4 is 10.5 Å². The molecule has 2 rings (SSSR count). The highest BCUT2D eigenvalue weighted by Gasteiger charge is 2.50. The van der Waals surface area contributed by atoms with Crippen molar-refractivity contribution in [2.75, 3.05) is 20.2 Å². The highest BCUT2D eigenvalue weighted by molar-refractivity contribution is 5.84. The van der Waals surface area contributed by atoms with Crippen LogP contribution in [0.2, 0.25) is 0 Å². The highest BCUT2D eigenvalue weighted by atomic mass is 16.5. The predicted molar refractivity (Wildman–Crippen MR) is 84.1 cm³/mol. The Morgan fingerprint density at radius 1 is 1.38 bits per heavy atom. The molecular weight excluding hydrogens is 264 g/mol. The monoisotopic (exact) mass is 290 g/mol. The fraction of sp³-hybridized carbons (Fsp3) is 0.588. The maximum Gasteiger partial charge on any atom is 0.230 e. The van der Waals surface area contributed by atoms with E-state index >= 15 is 0 Å². The highest BCUT2D eigenvalue weighted by Crippen LogP contribution is 2.50. The number of hydrogen-bond donors (Lipinski definition) is 1. The lowest BCUT2D eigenvalue weighted by molar-refractivity contribution is -0.149. The van der Waals surface area contributed by atoms with Crippen LogP contribution in [0.15, 0.2) is 24.3 Å². The molecule has 1 aliphatic rings. The van der Waals surface area contributed by atoms with Gasteiger partial charge in [-0.15, -0.1) is 0 Å². The first-order valence-electron chi connectivity index (χ1n) is 7.78. The Bertz CT molecular complexity index is 493. The summed E-state index contributed by atoms with van der Waals surface area (Å²) in [5.41, 5.74) is 7.05. The first-order valence-corrected chi connectivity index (χ1v) is 7.78. The maximum atomic E-state index is 12.9. The van der Waals surface area contributed by atoms with Crippen LogP contribution in [0.5, 0.6) is 5.75 Å². The molecule has 0 aliphatic heterocycles. The third-order valence-electron chi connectivity index (χ3n) is 4.77. The van der Waals surface area contributed by atoms with Gasteiger partial charge in [0.15, 0.2) is 0 Å². The number of methoxy groups -OCH3 is 1. The van der Waals surface area contributed by atoms with Crippen LogP contribution in [0.1, 0.15) is 44.7 Å². The van der Waals surface area contributed by atoms with Gasteiger partial charge in [0, 0.05) is 19.1 Å². The van der Waals surface area contributed by atoms with E-state index in [1.807, 2.05) is 43.0 Å². The van der Waals surface area contributed by atoms with Crippen molar-refractivity contribution in [3.8, 4) is 5.75 Å². The Kier molecular flexibility index (Phi) is 4.88. The molecule has 1 amide bonds. The quantitative estimate of drug-likeness (QED) is 0.876. The summed E-state index contributed by atoms with van der Waals surface area (Å²) in [4.78, 5) is 14.8. The lowest BCUT2D eigenvalue weighted by Gasteiger charge is -2.47. The van der Waals surface area contributed by atoms with E-state index < -0.39 is 5.41 Å². The standard InChI is InChI=1S/C17H26N2O2/c1-4-19(5-2)16(20)17(10-7-11-17)15(18)13-8-6-9-14(12-13)21-3/h6,8-9,12,15H,4-5,7,10-11,18H2,1-3H3. The number of carbonyl (C=O) groups excluding carboxylic acids is 1. The van der Waals surface area contributed by atoms with Crippen LogP contribution in [0.4, 0.5) is 0 Å². The molecule has 1 aromatic carbocycles. The van der Waals surface area contributed by atoms with Crippen LogP contribution in [0.3, 0.4) is 0 Å². The molecule has 116 valence electrons. The number of hydrogen-bond acceptors (Lipinski definition) is 3. The fourth-order valence-corrected chi connectivity index (χ4v) is 3.20. The Balaban J connectivity index is 2.29. The molecule has 4 heteroatoms. The van der Waals surface area contributed by atoms with Gasteiger partial charge in [0.1, 0.15) is 5.75 Å². The van der Waals surface area contributed by atoms with Gasteiger partial charge in [-0.3, -0.25) is 4.79 Å². The van der Waals surface area contributed by atoms with E-state index in [0.29, 0.717) is 0 Å². The third-order valence-corrected chi connectivity index (χ3v) is 4.77. The Labute approximate surface area is 127 Å². The second kappa shape index (κ2) is 6.48. The number of benzene rings is 1. The van der Waals surface area contributed by atoms with Gasteiger partial charge < -0.3 is 15.4 Å². The molecule has 1 fully saturated rings. The molecule has 0 spiro atoms. The van der Waals surface area contributed by atoms with Crippen LogP contribution in [-0.4, -0.2) is 31.0 Å². The smallest absolute Gasteiger partial charge is 0.230 e. The zero-order valence-electron chi connectivity index (χ0n) is 13.3. The average molecular weight is 290 g/mol. The summed E-state index contributed by atoms with van der Waals surface area (Å²) in [5.74, 6) is 0.988. The summed E-state index contributed by atoms with van der Waals surface area (Å²) in [6, 6.07) is 7.50.